The number of rotatable bonds is 1. The van der Waals surface area contributed by atoms with Gasteiger partial charge in [-0.1, -0.05) is 13.8 Å². The van der Waals surface area contributed by atoms with Gasteiger partial charge in [0.25, 0.3) is 0 Å². The largest absolute Gasteiger partial charge is 0.350 e. The van der Waals surface area contributed by atoms with Crippen molar-refractivity contribution in [1.82, 2.24) is 5.32 Å². The van der Waals surface area contributed by atoms with E-state index in [4.69, 9.17) is 5.73 Å². The molecule has 52 valence electrons. The fourth-order valence-corrected chi connectivity index (χ4v) is 0.998. The second kappa shape index (κ2) is 1.99. The summed E-state index contributed by atoms with van der Waals surface area (Å²) < 4.78 is 0. The molecule has 1 aliphatic rings. The van der Waals surface area contributed by atoms with Crippen LogP contribution in [0, 0.1) is 5.92 Å². The Labute approximate surface area is 54.6 Å². The van der Waals surface area contributed by atoms with E-state index in [-0.39, 0.29) is 18.0 Å². The van der Waals surface area contributed by atoms with Gasteiger partial charge in [-0.15, -0.1) is 0 Å². The molecule has 1 amide bonds. The highest BCUT2D eigenvalue weighted by Gasteiger charge is 2.37. The topological polar surface area (TPSA) is 55.1 Å². The van der Waals surface area contributed by atoms with Crippen molar-refractivity contribution >= 4 is 5.91 Å². The van der Waals surface area contributed by atoms with Gasteiger partial charge in [-0.3, -0.25) is 4.79 Å². The minimum atomic E-state index is -0.259. The number of carbonyl (C=O) groups is 1. The molecule has 1 fully saturated rings. The highest BCUT2D eigenvalue weighted by Crippen LogP contribution is 2.12. The first-order valence-electron chi connectivity index (χ1n) is 3.19. The van der Waals surface area contributed by atoms with Crippen molar-refractivity contribution in [2.24, 2.45) is 11.7 Å². The van der Waals surface area contributed by atoms with Crippen LogP contribution in [0.15, 0.2) is 0 Å². The minimum absolute atomic E-state index is 0.0197. The monoisotopic (exact) mass is 128 g/mol. The summed E-state index contributed by atoms with van der Waals surface area (Å²) in [6, 6.07) is -0.0532. The molecular weight excluding hydrogens is 116 g/mol. The van der Waals surface area contributed by atoms with E-state index in [1.54, 1.807) is 0 Å². The number of hydrogen-bond acceptors (Lipinski definition) is 2. The molecule has 3 N–H and O–H groups in total. The van der Waals surface area contributed by atoms with Gasteiger partial charge in [0, 0.05) is 0 Å². The Morgan fingerprint density at radius 2 is 2.22 bits per heavy atom. The molecule has 0 saturated carbocycles. The molecule has 1 saturated heterocycles. The Hall–Kier alpha value is -0.570. The Morgan fingerprint density at radius 1 is 1.67 bits per heavy atom. The van der Waals surface area contributed by atoms with Crippen LogP contribution in [0.3, 0.4) is 0 Å². The van der Waals surface area contributed by atoms with Gasteiger partial charge in [-0.2, -0.15) is 0 Å². The average Bonchev–Trinajstić information content (AvgIpc) is 1.81. The molecule has 1 aliphatic heterocycles. The summed E-state index contributed by atoms with van der Waals surface area (Å²) in [5.41, 5.74) is 5.46. The molecule has 0 aromatic rings. The second-order valence-corrected chi connectivity index (χ2v) is 2.80. The molecule has 1 heterocycles. The predicted octanol–water partition coefficient (Wildman–Crippen LogP) is -0.532. The van der Waals surface area contributed by atoms with Crippen LogP contribution in [0.4, 0.5) is 0 Å². The molecule has 0 aromatic heterocycles. The van der Waals surface area contributed by atoms with Crippen molar-refractivity contribution in [2.75, 3.05) is 0 Å². The molecule has 3 nitrogen and oxygen atoms in total. The predicted molar refractivity (Wildman–Crippen MR) is 34.7 cm³/mol. The SMILES string of the molecule is CC(C)[C@@H]1NC(=O)[C@@H]1N. The van der Waals surface area contributed by atoms with E-state index in [0.717, 1.165) is 0 Å². The highest BCUT2D eigenvalue weighted by atomic mass is 16.2. The average molecular weight is 128 g/mol. The summed E-state index contributed by atoms with van der Waals surface area (Å²) in [7, 11) is 0. The highest BCUT2D eigenvalue weighted by molar-refractivity contribution is 5.89. The molecule has 0 aliphatic carbocycles. The summed E-state index contributed by atoms with van der Waals surface area (Å²) in [6.45, 7) is 4.09. The summed E-state index contributed by atoms with van der Waals surface area (Å²) >= 11 is 0. The Kier molecular flexibility index (Phi) is 1.45. The Balaban J connectivity index is 2.42. The lowest BCUT2D eigenvalue weighted by Crippen LogP contribution is -2.68. The first-order valence-corrected chi connectivity index (χ1v) is 3.19. The van der Waals surface area contributed by atoms with E-state index in [2.05, 4.69) is 5.32 Å². The van der Waals surface area contributed by atoms with Crippen LogP contribution in [-0.2, 0) is 4.79 Å². The molecule has 0 spiro atoms. The zero-order valence-corrected chi connectivity index (χ0v) is 5.72. The first-order chi connectivity index (χ1) is 4.13. The maximum Gasteiger partial charge on any atom is 0.239 e. The van der Waals surface area contributed by atoms with Crippen molar-refractivity contribution in [3.63, 3.8) is 0 Å². The van der Waals surface area contributed by atoms with Crippen molar-refractivity contribution in [3.8, 4) is 0 Å². The van der Waals surface area contributed by atoms with Crippen LogP contribution >= 0.6 is 0 Å². The fourth-order valence-electron chi connectivity index (χ4n) is 0.998. The summed E-state index contributed by atoms with van der Waals surface area (Å²) in [4.78, 5) is 10.5. The number of hydrogen-bond donors (Lipinski definition) is 2. The van der Waals surface area contributed by atoms with E-state index in [9.17, 15) is 4.79 Å². The summed E-state index contributed by atoms with van der Waals surface area (Å²) in [5.74, 6) is 0.436. The van der Waals surface area contributed by atoms with Crippen molar-refractivity contribution in [3.05, 3.63) is 0 Å². The van der Waals surface area contributed by atoms with Gasteiger partial charge in [-0.25, -0.2) is 0 Å². The number of carbonyl (C=O) groups excluding carboxylic acids is 1. The summed E-state index contributed by atoms with van der Waals surface area (Å²) in [6.07, 6.45) is 0. The number of nitrogens with one attached hydrogen (secondary N) is 1. The van der Waals surface area contributed by atoms with E-state index < -0.39 is 0 Å². The third kappa shape index (κ3) is 0.920. The lowest BCUT2D eigenvalue weighted by molar-refractivity contribution is -0.131. The maximum absolute atomic E-state index is 10.5. The van der Waals surface area contributed by atoms with Crippen LogP contribution in [0.1, 0.15) is 13.8 Å². The minimum Gasteiger partial charge on any atom is -0.350 e. The van der Waals surface area contributed by atoms with Crippen molar-refractivity contribution < 1.29 is 4.79 Å². The van der Waals surface area contributed by atoms with Crippen LogP contribution in [0.5, 0.6) is 0 Å². The standard InChI is InChI=1S/C6H12N2O/c1-3(2)5-4(7)6(9)8-5/h3-5H,7H2,1-2H3,(H,8,9)/t4-,5+/m1/s1. The van der Waals surface area contributed by atoms with Crippen LogP contribution < -0.4 is 11.1 Å². The molecular formula is C6H12N2O. The number of β-lactam (4-membered cyclic amide) rings is 1. The zero-order valence-electron chi connectivity index (χ0n) is 5.72. The van der Waals surface area contributed by atoms with Crippen LogP contribution in [0.2, 0.25) is 0 Å². The summed E-state index contributed by atoms with van der Waals surface area (Å²) in [5, 5.41) is 2.73. The second-order valence-electron chi connectivity index (χ2n) is 2.80. The molecule has 0 unspecified atom stereocenters. The number of amides is 1. The van der Waals surface area contributed by atoms with Gasteiger partial charge in [0.1, 0.15) is 6.04 Å². The lowest BCUT2D eigenvalue weighted by atomic mass is 9.90. The van der Waals surface area contributed by atoms with Crippen LogP contribution in [0.25, 0.3) is 0 Å². The molecule has 0 aromatic carbocycles. The fraction of sp³-hybridized carbons (Fsp3) is 0.833. The van der Waals surface area contributed by atoms with E-state index in [1.807, 2.05) is 13.8 Å². The van der Waals surface area contributed by atoms with Crippen LogP contribution in [-0.4, -0.2) is 18.0 Å². The Bertz CT molecular complexity index is 133. The van der Waals surface area contributed by atoms with Gasteiger partial charge >= 0.3 is 0 Å². The molecule has 9 heavy (non-hydrogen) atoms. The Morgan fingerprint density at radius 3 is 2.33 bits per heavy atom. The van der Waals surface area contributed by atoms with E-state index in [0.29, 0.717) is 5.92 Å². The molecule has 0 bridgehead atoms. The van der Waals surface area contributed by atoms with Gasteiger partial charge in [0.15, 0.2) is 0 Å². The molecule has 2 atom stereocenters. The third-order valence-electron chi connectivity index (χ3n) is 1.72. The van der Waals surface area contributed by atoms with E-state index in [1.165, 1.54) is 0 Å². The number of nitrogens with two attached hydrogens (primary N) is 1. The molecule has 3 heteroatoms. The lowest BCUT2D eigenvalue weighted by Gasteiger charge is -2.36. The maximum atomic E-state index is 10.5. The van der Waals surface area contributed by atoms with Gasteiger partial charge < -0.3 is 11.1 Å². The molecule has 0 radical (unpaired) electrons. The van der Waals surface area contributed by atoms with Crippen molar-refractivity contribution in [2.45, 2.75) is 25.9 Å². The van der Waals surface area contributed by atoms with Crippen molar-refractivity contribution in [1.29, 1.82) is 0 Å². The van der Waals surface area contributed by atoms with Gasteiger partial charge in [0.2, 0.25) is 5.91 Å². The third-order valence-corrected chi connectivity index (χ3v) is 1.72. The zero-order chi connectivity index (χ0) is 7.02. The normalized spacial score (nSPS) is 34.0. The van der Waals surface area contributed by atoms with E-state index >= 15 is 0 Å². The molecule has 1 rings (SSSR count). The van der Waals surface area contributed by atoms with Gasteiger partial charge in [0.05, 0.1) is 6.04 Å². The first kappa shape index (κ1) is 6.55. The smallest absolute Gasteiger partial charge is 0.239 e. The quantitative estimate of drug-likeness (QED) is 0.466. The van der Waals surface area contributed by atoms with Gasteiger partial charge in [-0.05, 0) is 5.92 Å².